The van der Waals surface area contributed by atoms with E-state index in [2.05, 4.69) is 15.5 Å². The second kappa shape index (κ2) is 12.2. The molecule has 0 saturated carbocycles. The maximum Gasteiger partial charge on any atom is 0.338 e. The van der Waals surface area contributed by atoms with Crippen LogP contribution in [0.2, 0.25) is 0 Å². The van der Waals surface area contributed by atoms with Gasteiger partial charge < -0.3 is 14.2 Å². The van der Waals surface area contributed by atoms with Gasteiger partial charge in [0.25, 0.3) is 5.91 Å². The van der Waals surface area contributed by atoms with Crippen molar-refractivity contribution < 1.29 is 23.8 Å². The number of nitrogens with zero attached hydrogens (tertiary/aromatic N) is 2. The number of amides is 1. The van der Waals surface area contributed by atoms with Crippen LogP contribution in [0.25, 0.3) is 0 Å². The highest BCUT2D eigenvalue weighted by molar-refractivity contribution is 5.94. The van der Waals surface area contributed by atoms with Crippen LogP contribution in [-0.2, 0) is 11.3 Å². The summed E-state index contributed by atoms with van der Waals surface area (Å²) in [6, 6.07) is 15.6. The SMILES string of the molecule is COc1ccc(C=NNC(=O)c2cccnc2)cc1COc1ccc(C(=O)OCC(C)C)cc1. The first-order chi connectivity index (χ1) is 16.5. The molecular formula is C26H27N3O5. The van der Waals surface area contributed by atoms with Crippen molar-refractivity contribution >= 4 is 18.1 Å². The van der Waals surface area contributed by atoms with Gasteiger partial charge >= 0.3 is 5.97 Å². The van der Waals surface area contributed by atoms with E-state index in [1.165, 1.54) is 12.4 Å². The zero-order valence-corrected chi connectivity index (χ0v) is 19.4. The van der Waals surface area contributed by atoms with E-state index in [-0.39, 0.29) is 24.4 Å². The zero-order valence-electron chi connectivity index (χ0n) is 19.4. The summed E-state index contributed by atoms with van der Waals surface area (Å²) in [5.41, 5.74) is 4.92. The normalized spacial score (nSPS) is 10.8. The number of hydrogen-bond acceptors (Lipinski definition) is 7. The highest BCUT2D eigenvalue weighted by atomic mass is 16.5. The third-order valence-electron chi connectivity index (χ3n) is 4.64. The van der Waals surface area contributed by atoms with Crippen LogP contribution in [0.5, 0.6) is 11.5 Å². The van der Waals surface area contributed by atoms with Gasteiger partial charge in [-0.2, -0.15) is 5.10 Å². The Kier molecular flexibility index (Phi) is 8.73. The summed E-state index contributed by atoms with van der Waals surface area (Å²) in [4.78, 5) is 28.0. The lowest BCUT2D eigenvalue weighted by molar-refractivity contribution is 0.0459. The van der Waals surface area contributed by atoms with E-state index in [1.54, 1.807) is 55.8 Å². The van der Waals surface area contributed by atoms with E-state index < -0.39 is 0 Å². The lowest BCUT2D eigenvalue weighted by Gasteiger charge is -2.12. The number of pyridine rings is 1. The Labute approximate surface area is 198 Å². The van der Waals surface area contributed by atoms with Gasteiger partial charge in [-0.05, 0) is 66.1 Å². The summed E-state index contributed by atoms with van der Waals surface area (Å²) in [6.45, 7) is 4.59. The summed E-state index contributed by atoms with van der Waals surface area (Å²) in [5.74, 6) is 0.831. The van der Waals surface area contributed by atoms with Crippen molar-refractivity contribution in [3.63, 3.8) is 0 Å². The molecule has 0 atom stereocenters. The minimum absolute atomic E-state index is 0.240. The largest absolute Gasteiger partial charge is 0.496 e. The van der Waals surface area contributed by atoms with Crippen LogP contribution in [0.3, 0.4) is 0 Å². The number of carbonyl (C=O) groups excluding carboxylic acids is 2. The number of aromatic nitrogens is 1. The lowest BCUT2D eigenvalue weighted by Crippen LogP contribution is -2.17. The van der Waals surface area contributed by atoms with Crippen LogP contribution in [0.4, 0.5) is 0 Å². The Bertz CT molecular complexity index is 1130. The van der Waals surface area contributed by atoms with Crippen molar-refractivity contribution in [2.24, 2.45) is 11.0 Å². The van der Waals surface area contributed by atoms with Gasteiger partial charge in [0.1, 0.15) is 18.1 Å². The Hall–Kier alpha value is -4.20. The van der Waals surface area contributed by atoms with Crippen molar-refractivity contribution in [1.29, 1.82) is 0 Å². The molecule has 0 aliphatic carbocycles. The first kappa shape index (κ1) is 24.4. The predicted molar refractivity (Wildman–Crippen MR) is 128 cm³/mol. The predicted octanol–water partition coefficient (Wildman–Crippen LogP) is 4.25. The number of carbonyl (C=O) groups is 2. The Morgan fingerprint density at radius 3 is 2.56 bits per heavy atom. The van der Waals surface area contributed by atoms with Crippen LogP contribution < -0.4 is 14.9 Å². The van der Waals surface area contributed by atoms with E-state index in [4.69, 9.17) is 14.2 Å². The van der Waals surface area contributed by atoms with E-state index in [1.807, 2.05) is 26.0 Å². The smallest absolute Gasteiger partial charge is 0.338 e. The molecule has 1 N–H and O–H groups in total. The van der Waals surface area contributed by atoms with Crippen molar-refractivity contribution in [3.8, 4) is 11.5 Å². The zero-order chi connectivity index (χ0) is 24.3. The minimum atomic E-state index is -0.357. The number of nitrogens with one attached hydrogen (secondary N) is 1. The Balaban J connectivity index is 1.60. The number of benzene rings is 2. The van der Waals surface area contributed by atoms with Gasteiger partial charge in [-0.15, -0.1) is 0 Å². The van der Waals surface area contributed by atoms with Gasteiger partial charge in [-0.25, -0.2) is 10.2 Å². The topological polar surface area (TPSA) is 99.1 Å². The number of hydrazone groups is 1. The highest BCUT2D eigenvalue weighted by Gasteiger charge is 2.10. The molecule has 8 heteroatoms. The van der Waals surface area contributed by atoms with Gasteiger partial charge in [-0.3, -0.25) is 9.78 Å². The van der Waals surface area contributed by atoms with E-state index in [0.717, 1.165) is 11.1 Å². The minimum Gasteiger partial charge on any atom is -0.496 e. The third kappa shape index (κ3) is 7.16. The first-order valence-electron chi connectivity index (χ1n) is 10.8. The fourth-order valence-electron chi connectivity index (χ4n) is 2.89. The molecule has 176 valence electrons. The lowest BCUT2D eigenvalue weighted by atomic mass is 10.1. The van der Waals surface area contributed by atoms with Gasteiger partial charge in [-0.1, -0.05) is 13.8 Å². The summed E-state index contributed by atoms with van der Waals surface area (Å²) in [7, 11) is 1.58. The van der Waals surface area contributed by atoms with Crippen LogP contribution in [0.1, 0.15) is 45.7 Å². The molecule has 3 aromatic rings. The van der Waals surface area contributed by atoms with Gasteiger partial charge in [0, 0.05) is 18.0 Å². The third-order valence-corrected chi connectivity index (χ3v) is 4.64. The molecule has 8 nitrogen and oxygen atoms in total. The van der Waals surface area contributed by atoms with Crippen molar-refractivity contribution in [2.75, 3.05) is 13.7 Å². The fourth-order valence-corrected chi connectivity index (χ4v) is 2.89. The first-order valence-corrected chi connectivity index (χ1v) is 10.8. The average Bonchev–Trinajstić information content (AvgIpc) is 2.86. The standard InChI is InChI=1S/C26H27N3O5/c1-18(2)16-34-26(31)20-7-9-23(10-8-20)33-17-22-13-19(6-11-24(22)32-3)14-28-29-25(30)21-5-4-12-27-15-21/h4-15,18H,16-17H2,1-3H3,(H,29,30). The van der Waals surface area contributed by atoms with Crippen LogP contribution >= 0.6 is 0 Å². The number of methoxy groups -OCH3 is 1. The second-order valence-electron chi connectivity index (χ2n) is 7.82. The molecule has 2 aromatic carbocycles. The molecule has 1 aromatic heterocycles. The second-order valence-corrected chi connectivity index (χ2v) is 7.82. The summed E-state index contributed by atoms with van der Waals surface area (Å²) in [5, 5.41) is 4.01. The summed E-state index contributed by atoms with van der Waals surface area (Å²) >= 11 is 0. The average molecular weight is 462 g/mol. The molecule has 3 rings (SSSR count). The summed E-state index contributed by atoms with van der Waals surface area (Å²) < 4.78 is 16.5. The molecule has 0 radical (unpaired) electrons. The highest BCUT2D eigenvalue weighted by Crippen LogP contribution is 2.22. The Morgan fingerprint density at radius 2 is 1.88 bits per heavy atom. The van der Waals surface area contributed by atoms with E-state index in [9.17, 15) is 9.59 Å². The monoisotopic (exact) mass is 461 g/mol. The molecule has 0 spiro atoms. The van der Waals surface area contributed by atoms with Crippen molar-refractivity contribution in [2.45, 2.75) is 20.5 Å². The Morgan fingerprint density at radius 1 is 1.09 bits per heavy atom. The molecule has 0 aliphatic rings. The number of esters is 1. The molecule has 0 bridgehead atoms. The van der Waals surface area contributed by atoms with Crippen LogP contribution in [0, 0.1) is 5.92 Å². The number of ether oxygens (including phenoxy) is 3. The maximum atomic E-state index is 12.1. The maximum absolute atomic E-state index is 12.1. The molecule has 0 unspecified atom stereocenters. The fraction of sp³-hybridized carbons (Fsp3) is 0.231. The van der Waals surface area contributed by atoms with E-state index >= 15 is 0 Å². The molecule has 0 aliphatic heterocycles. The van der Waals surface area contributed by atoms with Crippen molar-refractivity contribution in [3.05, 3.63) is 89.2 Å². The molecule has 1 heterocycles. The molecular weight excluding hydrogens is 434 g/mol. The molecule has 1 amide bonds. The van der Waals surface area contributed by atoms with Gasteiger partial charge in [0.2, 0.25) is 0 Å². The van der Waals surface area contributed by atoms with Crippen LogP contribution in [-0.4, -0.2) is 36.8 Å². The van der Waals surface area contributed by atoms with Gasteiger partial charge in [0.05, 0.1) is 31.1 Å². The molecule has 0 saturated heterocycles. The molecule has 0 fully saturated rings. The quantitative estimate of drug-likeness (QED) is 0.275. The number of hydrogen-bond donors (Lipinski definition) is 1. The number of rotatable bonds is 10. The summed E-state index contributed by atoms with van der Waals surface area (Å²) in [6.07, 6.45) is 4.60. The van der Waals surface area contributed by atoms with Crippen LogP contribution in [0.15, 0.2) is 72.1 Å². The van der Waals surface area contributed by atoms with E-state index in [0.29, 0.717) is 29.2 Å². The molecule has 34 heavy (non-hydrogen) atoms. The van der Waals surface area contributed by atoms with Crippen molar-refractivity contribution in [1.82, 2.24) is 10.4 Å². The van der Waals surface area contributed by atoms with Gasteiger partial charge in [0.15, 0.2) is 0 Å².